The quantitative estimate of drug-likeness (QED) is 0.246. The molecule has 0 amide bonds. The second-order valence-corrected chi connectivity index (χ2v) is 9.29. The zero-order valence-corrected chi connectivity index (χ0v) is 20.7. The van der Waals surface area contributed by atoms with Crippen LogP contribution in [0, 0.1) is 11.2 Å². The smallest absolute Gasteiger partial charge is 0.203 e. The Balaban J connectivity index is 1.60. The number of rotatable bonds is 8. The van der Waals surface area contributed by atoms with Gasteiger partial charge in [-0.05, 0) is 42.0 Å². The van der Waals surface area contributed by atoms with Gasteiger partial charge in [0.15, 0.2) is 0 Å². The van der Waals surface area contributed by atoms with E-state index in [9.17, 15) is 9.50 Å². The summed E-state index contributed by atoms with van der Waals surface area (Å²) in [5.74, 6) is -0.298. The maximum atomic E-state index is 13.8. The summed E-state index contributed by atoms with van der Waals surface area (Å²) in [5.41, 5.74) is 9.29. The van der Waals surface area contributed by atoms with Gasteiger partial charge in [0.2, 0.25) is 5.62 Å². The van der Waals surface area contributed by atoms with Gasteiger partial charge in [0.1, 0.15) is 5.82 Å². The molecule has 3 aromatic carbocycles. The van der Waals surface area contributed by atoms with E-state index >= 15 is 0 Å². The molecule has 1 heterocycles. The molecule has 1 unspecified atom stereocenters. The monoisotopic (exact) mass is 533 g/mol. The molecule has 0 aliphatic carbocycles. The highest BCUT2D eigenvalue weighted by atomic mass is 35.5. The minimum atomic E-state index is -0.927. The summed E-state index contributed by atoms with van der Waals surface area (Å²) in [4.78, 5) is 0. The Morgan fingerprint density at radius 1 is 1.03 bits per heavy atom. The standard InChI is InChI=1S/C25H23Cl3FN5O/c26-17-6-8-22-23(10-17)33(13-18(30)12-32-11-16-3-1-2-4-21(16)29)25(31)34(22)14-24(35)15-5-7-19(27)20(28)9-15/h1-10,12,24,31-32,35H,11,13-14,30H2/b18-12-,31-25?. The maximum absolute atomic E-state index is 13.8. The fourth-order valence-corrected chi connectivity index (χ4v) is 4.29. The van der Waals surface area contributed by atoms with Gasteiger partial charge in [0.05, 0.1) is 40.3 Å². The maximum Gasteiger partial charge on any atom is 0.203 e. The van der Waals surface area contributed by atoms with Crippen LogP contribution in [0.3, 0.4) is 0 Å². The topological polar surface area (TPSA) is 92.0 Å². The lowest BCUT2D eigenvalue weighted by Crippen LogP contribution is -2.28. The van der Waals surface area contributed by atoms with E-state index in [0.717, 1.165) is 0 Å². The van der Waals surface area contributed by atoms with Crippen LogP contribution in [0.15, 0.2) is 72.6 Å². The number of aliphatic hydroxyl groups is 1. The lowest BCUT2D eigenvalue weighted by molar-refractivity contribution is 0.155. The largest absolute Gasteiger partial charge is 0.399 e. The van der Waals surface area contributed by atoms with E-state index in [4.69, 9.17) is 45.9 Å². The van der Waals surface area contributed by atoms with Crippen LogP contribution in [0.5, 0.6) is 0 Å². The average Bonchev–Trinajstić information content (AvgIpc) is 3.07. The highest BCUT2D eigenvalue weighted by molar-refractivity contribution is 6.42. The number of hydrogen-bond acceptors (Lipinski definition) is 4. The van der Waals surface area contributed by atoms with Crippen LogP contribution in [0.25, 0.3) is 11.0 Å². The minimum absolute atomic E-state index is 0.108. The van der Waals surface area contributed by atoms with Crippen molar-refractivity contribution in [2.24, 2.45) is 5.73 Å². The third kappa shape index (κ3) is 5.65. The van der Waals surface area contributed by atoms with Gasteiger partial charge in [-0.2, -0.15) is 0 Å². The second kappa shape index (κ2) is 10.7. The first-order valence-electron chi connectivity index (χ1n) is 10.7. The van der Waals surface area contributed by atoms with Gasteiger partial charge in [-0.3, -0.25) is 5.41 Å². The first kappa shape index (κ1) is 25.1. The predicted octanol–water partition coefficient (Wildman–Crippen LogP) is 5.35. The molecule has 0 fully saturated rings. The van der Waals surface area contributed by atoms with Gasteiger partial charge in [0.25, 0.3) is 0 Å². The molecule has 6 nitrogen and oxygen atoms in total. The van der Waals surface area contributed by atoms with Gasteiger partial charge in [-0.1, -0.05) is 59.1 Å². The molecule has 0 aliphatic rings. The van der Waals surface area contributed by atoms with Crippen molar-refractivity contribution in [1.29, 1.82) is 5.41 Å². The fourth-order valence-electron chi connectivity index (χ4n) is 3.82. The number of allylic oxidation sites excluding steroid dienone is 1. The number of nitrogens with two attached hydrogens (primary N) is 1. The Kier molecular flexibility index (Phi) is 7.72. The van der Waals surface area contributed by atoms with Crippen LogP contribution < -0.4 is 16.7 Å². The lowest BCUT2D eigenvalue weighted by Gasteiger charge is -2.13. The van der Waals surface area contributed by atoms with E-state index in [1.54, 1.807) is 69.9 Å². The first-order valence-corrected chi connectivity index (χ1v) is 11.9. The molecule has 0 saturated carbocycles. The number of aliphatic hydroxyl groups excluding tert-OH is 1. The summed E-state index contributed by atoms with van der Waals surface area (Å²) in [5, 5.41) is 23.9. The number of nitrogens with one attached hydrogen (secondary N) is 2. The SMILES string of the molecule is N=c1n(C/C(N)=C/NCc2ccccc2F)c2cc(Cl)ccc2n1CC(O)c1ccc(Cl)c(Cl)c1. The molecular weight excluding hydrogens is 512 g/mol. The molecule has 0 bridgehead atoms. The molecule has 0 aliphatic heterocycles. The van der Waals surface area contributed by atoms with Crippen molar-refractivity contribution >= 4 is 45.8 Å². The summed E-state index contributed by atoms with van der Waals surface area (Å²) >= 11 is 18.3. The van der Waals surface area contributed by atoms with Gasteiger partial charge in [0, 0.05) is 29.0 Å². The van der Waals surface area contributed by atoms with Crippen molar-refractivity contribution < 1.29 is 9.50 Å². The van der Waals surface area contributed by atoms with Crippen molar-refractivity contribution in [1.82, 2.24) is 14.5 Å². The van der Waals surface area contributed by atoms with Gasteiger partial charge in [-0.25, -0.2) is 4.39 Å². The van der Waals surface area contributed by atoms with E-state index in [1.807, 2.05) is 0 Å². The summed E-state index contributed by atoms with van der Waals surface area (Å²) in [6, 6.07) is 16.7. The Bertz CT molecular complexity index is 1460. The molecule has 0 radical (unpaired) electrons. The molecule has 4 rings (SSSR count). The molecular formula is C25H23Cl3FN5O. The molecule has 4 aromatic rings. The fraction of sp³-hybridized carbons (Fsp3) is 0.160. The van der Waals surface area contributed by atoms with Crippen molar-refractivity contribution in [3.63, 3.8) is 0 Å². The van der Waals surface area contributed by atoms with Gasteiger partial charge >= 0.3 is 0 Å². The number of fused-ring (bicyclic) bond motifs is 1. The molecule has 10 heteroatoms. The number of hydrogen-bond donors (Lipinski definition) is 4. The third-order valence-corrected chi connectivity index (χ3v) is 6.57. The Hall–Kier alpha value is -2.97. The van der Waals surface area contributed by atoms with Crippen LogP contribution in [0.4, 0.5) is 4.39 Å². The zero-order chi connectivity index (χ0) is 25.1. The Labute approximate surface area is 216 Å². The molecule has 0 saturated heterocycles. The van der Waals surface area contributed by atoms with Gasteiger partial charge < -0.3 is 25.3 Å². The number of nitrogens with zero attached hydrogens (tertiary/aromatic N) is 2. The third-order valence-electron chi connectivity index (χ3n) is 5.59. The van der Waals surface area contributed by atoms with Crippen LogP contribution in [-0.4, -0.2) is 14.2 Å². The van der Waals surface area contributed by atoms with Gasteiger partial charge in [-0.15, -0.1) is 0 Å². The molecule has 0 spiro atoms. The highest BCUT2D eigenvalue weighted by Gasteiger charge is 2.17. The van der Waals surface area contributed by atoms with E-state index < -0.39 is 6.10 Å². The van der Waals surface area contributed by atoms with Crippen LogP contribution in [0.1, 0.15) is 17.2 Å². The van der Waals surface area contributed by atoms with Crippen molar-refractivity contribution in [3.8, 4) is 0 Å². The number of aromatic nitrogens is 2. The molecule has 1 atom stereocenters. The average molecular weight is 535 g/mol. The normalized spacial score (nSPS) is 12.8. The zero-order valence-electron chi connectivity index (χ0n) is 18.5. The predicted molar refractivity (Wildman–Crippen MR) is 138 cm³/mol. The second-order valence-electron chi connectivity index (χ2n) is 8.03. The summed E-state index contributed by atoms with van der Waals surface area (Å²) in [6.07, 6.45) is 0.667. The van der Waals surface area contributed by atoms with E-state index in [2.05, 4.69) is 5.32 Å². The summed E-state index contributed by atoms with van der Waals surface area (Å²) in [7, 11) is 0. The highest BCUT2D eigenvalue weighted by Crippen LogP contribution is 2.27. The van der Waals surface area contributed by atoms with Crippen LogP contribution >= 0.6 is 34.8 Å². The van der Waals surface area contributed by atoms with E-state index in [0.29, 0.717) is 42.9 Å². The van der Waals surface area contributed by atoms with E-state index in [1.165, 1.54) is 6.07 Å². The summed E-state index contributed by atoms with van der Waals surface area (Å²) in [6.45, 7) is 0.572. The van der Waals surface area contributed by atoms with Crippen molar-refractivity contribution in [2.45, 2.75) is 25.7 Å². The minimum Gasteiger partial charge on any atom is -0.399 e. The molecule has 5 N–H and O–H groups in total. The van der Waals surface area contributed by atoms with Crippen LogP contribution in [-0.2, 0) is 19.6 Å². The number of imidazole rings is 1. The molecule has 35 heavy (non-hydrogen) atoms. The van der Waals surface area contributed by atoms with Crippen molar-refractivity contribution in [3.05, 3.63) is 110 Å². The van der Waals surface area contributed by atoms with Crippen LogP contribution in [0.2, 0.25) is 15.1 Å². The lowest BCUT2D eigenvalue weighted by atomic mass is 10.1. The Morgan fingerprint density at radius 3 is 2.54 bits per heavy atom. The molecule has 1 aromatic heterocycles. The van der Waals surface area contributed by atoms with Crippen molar-refractivity contribution in [2.75, 3.05) is 0 Å². The first-order chi connectivity index (χ1) is 16.7. The Morgan fingerprint density at radius 2 is 1.80 bits per heavy atom. The number of halogens is 4. The summed E-state index contributed by atoms with van der Waals surface area (Å²) < 4.78 is 17.2. The molecule has 182 valence electrons. The number of benzene rings is 3. The van der Waals surface area contributed by atoms with E-state index in [-0.39, 0.29) is 31.1 Å².